The summed E-state index contributed by atoms with van der Waals surface area (Å²) in [7, 11) is 1.57. The lowest BCUT2D eigenvalue weighted by molar-refractivity contribution is 0.186. The minimum Gasteiger partial charge on any atom is -0.493 e. The van der Waals surface area contributed by atoms with Crippen molar-refractivity contribution in [1.29, 1.82) is 0 Å². The summed E-state index contributed by atoms with van der Waals surface area (Å²) in [5.74, 6) is 1.29. The van der Waals surface area contributed by atoms with Crippen molar-refractivity contribution in [1.82, 2.24) is 0 Å². The number of aliphatic hydroxyl groups is 1. The van der Waals surface area contributed by atoms with Gasteiger partial charge < -0.3 is 20.3 Å². The minimum atomic E-state index is -0.658. The Labute approximate surface area is 89.6 Å². The van der Waals surface area contributed by atoms with Crippen LogP contribution >= 0.6 is 0 Å². The van der Waals surface area contributed by atoms with Gasteiger partial charge in [-0.15, -0.1) is 0 Å². The largest absolute Gasteiger partial charge is 0.493 e. The van der Waals surface area contributed by atoms with Crippen molar-refractivity contribution < 1.29 is 14.6 Å². The maximum absolute atomic E-state index is 9.55. The highest BCUT2D eigenvalue weighted by atomic mass is 16.5. The van der Waals surface area contributed by atoms with Gasteiger partial charge in [0, 0.05) is 6.54 Å². The van der Waals surface area contributed by atoms with E-state index in [0.29, 0.717) is 18.1 Å². The van der Waals surface area contributed by atoms with E-state index in [-0.39, 0.29) is 6.54 Å². The number of ether oxygens (including phenoxy) is 2. The van der Waals surface area contributed by atoms with Crippen molar-refractivity contribution in [3.05, 3.63) is 23.8 Å². The molecule has 0 amide bonds. The van der Waals surface area contributed by atoms with Gasteiger partial charge in [0.25, 0.3) is 0 Å². The van der Waals surface area contributed by atoms with Crippen LogP contribution in [0, 0.1) is 0 Å². The predicted octanol–water partition coefficient (Wildman–Crippen LogP) is 1.09. The third-order valence-corrected chi connectivity index (χ3v) is 2.10. The van der Waals surface area contributed by atoms with Crippen molar-refractivity contribution in [2.45, 2.75) is 13.0 Å². The fourth-order valence-electron chi connectivity index (χ4n) is 1.30. The summed E-state index contributed by atoms with van der Waals surface area (Å²) in [6.45, 7) is 2.67. The van der Waals surface area contributed by atoms with Crippen molar-refractivity contribution in [2.24, 2.45) is 5.73 Å². The van der Waals surface area contributed by atoms with Crippen molar-refractivity contribution in [3.63, 3.8) is 0 Å². The van der Waals surface area contributed by atoms with Gasteiger partial charge in [-0.3, -0.25) is 0 Å². The summed E-state index contributed by atoms with van der Waals surface area (Å²) in [5.41, 5.74) is 6.10. The normalized spacial score (nSPS) is 12.3. The number of hydrogen-bond acceptors (Lipinski definition) is 4. The molecule has 0 aliphatic heterocycles. The SMILES string of the molecule is CCOc1ccc(C(O)CN)cc1OC. The average molecular weight is 211 g/mol. The van der Waals surface area contributed by atoms with Crippen LogP contribution in [0.3, 0.4) is 0 Å². The van der Waals surface area contributed by atoms with Gasteiger partial charge in [0.1, 0.15) is 0 Å². The molecule has 1 aromatic rings. The second-order valence-corrected chi connectivity index (χ2v) is 3.09. The summed E-state index contributed by atoms with van der Waals surface area (Å²) in [4.78, 5) is 0. The number of rotatable bonds is 5. The number of hydrogen-bond donors (Lipinski definition) is 2. The van der Waals surface area contributed by atoms with E-state index < -0.39 is 6.10 Å². The molecular formula is C11H17NO3. The molecule has 0 saturated heterocycles. The average Bonchev–Trinajstić information content (AvgIpc) is 2.29. The van der Waals surface area contributed by atoms with Crippen LogP contribution in [0.4, 0.5) is 0 Å². The Kier molecular flexibility index (Phi) is 4.39. The van der Waals surface area contributed by atoms with Gasteiger partial charge in [0.15, 0.2) is 11.5 Å². The van der Waals surface area contributed by atoms with Gasteiger partial charge in [-0.05, 0) is 24.6 Å². The zero-order valence-electron chi connectivity index (χ0n) is 9.06. The zero-order valence-corrected chi connectivity index (χ0v) is 9.06. The lowest BCUT2D eigenvalue weighted by Crippen LogP contribution is -2.11. The smallest absolute Gasteiger partial charge is 0.161 e. The number of methoxy groups -OCH3 is 1. The molecule has 84 valence electrons. The Morgan fingerprint density at radius 2 is 2.13 bits per heavy atom. The highest BCUT2D eigenvalue weighted by Gasteiger charge is 2.10. The first kappa shape index (κ1) is 11.8. The Morgan fingerprint density at radius 1 is 1.40 bits per heavy atom. The van der Waals surface area contributed by atoms with Gasteiger partial charge >= 0.3 is 0 Å². The minimum absolute atomic E-state index is 0.192. The lowest BCUT2D eigenvalue weighted by atomic mass is 10.1. The van der Waals surface area contributed by atoms with Crippen LogP contribution in [0.1, 0.15) is 18.6 Å². The molecular weight excluding hydrogens is 194 g/mol. The van der Waals surface area contributed by atoms with E-state index in [4.69, 9.17) is 15.2 Å². The molecule has 1 aromatic carbocycles. The van der Waals surface area contributed by atoms with Crippen LogP contribution in [-0.4, -0.2) is 25.4 Å². The molecule has 4 heteroatoms. The number of nitrogens with two attached hydrogens (primary N) is 1. The van der Waals surface area contributed by atoms with Crippen LogP contribution < -0.4 is 15.2 Å². The molecule has 0 bridgehead atoms. The van der Waals surface area contributed by atoms with Gasteiger partial charge in [0.05, 0.1) is 19.8 Å². The summed E-state index contributed by atoms with van der Waals surface area (Å²) < 4.78 is 10.5. The number of benzene rings is 1. The number of aliphatic hydroxyl groups excluding tert-OH is 1. The topological polar surface area (TPSA) is 64.7 Å². The van der Waals surface area contributed by atoms with Gasteiger partial charge in [0.2, 0.25) is 0 Å². The van der Waals surface area contributed by atoms with Crippen LogP contribution in [0.25, 0.3) is 0 Å². The molecule has 3 N–H and O–H groups in total. The van der Waals surface area contributed by atoms with E-state index in [0.717, 1.165) is 5.56 Å². The van der Waals surface area contributed by atoms with E-state index in [1.165, 1.54) is 0 Å². The monoisotopic (exact) mass is 211 g/mol. The van der Waals surface area contributed by atoms with Crippen LogP contribution in [0.2, 0.25) is 0 Å². The molecule has 0 aliphatic rings. The first-order valence-electron chi connectivity index (χ1n) is 4.91. The van der Waals surface area contributed by atoms with Crippen molar-refractivity contribution in [2.75, 3.05) is 20.3 Å². The highest BCUT2D eigenvalue weighted by Crippen LogP contribution is 2.29. The van der Waals surface area contributed by atoms with Crippen molar-refractivity contribution in [3.8, 4) is 11.5 Å². The zero-order chi connectivity index (χ0) is 11.3. The Morgan fingerprint density at radius 3 is 2.67 bits per heavy atom. The van der Waals surface area contributed by atoms with Crippen molar-refractivity contribution >= 4 is 0 Å². The Bertz CT molecular complexity index is 315. The van der Waals surface area contributed by atoms with E-state index in [9.17, 15) is 5.11 Å². The van der Waals surface area contributed by atoms with E-state index in [1.807, 2.05) is 6.92 Å². The maximum Gasteiger partial charge on any atom is 0.161 e. The highest BCUT2D eigenvalue weighted by molar-refractivity contribution is 5.43. The molecule has 4 nitrogen and oxygen atoms in total. The molecule has 0 radical (unpaired) electrons. The Hall–Kier alpha value is -1.26. The Balaban J connectivity index is 2.96. The first-order chi connectivity index (χ1) is 7.22. The second kappa shape index (κ2) is 5.58. The molecule has 0 aromatic heterocycles. The molecule has 1 unspecified atom stereocenters. The molecule has 0 heterocycles. The van der Waals surface area contributed by atoms with Gasteiger partial charge in [-0.25, -0.2) is 0 Å². The quantitative estimate of drug-likeness (QED) is 0.765. The predicted molar refractivity (Wildman–Crippen MR) is 58.2 cm³/mol. The lowest BCUT2D eigenvalue weighted by Gasteiger charge is -2.13. The van der Waals surface area contributed by atoms with E-state index in [2.05, 4.69) is 0 Å². The third kappa shape index (κ3) is 2.84. The molecule has 1 atom stereocenters. The molecule has 15 heavy (non-hydrogen) atoms. The molecule has 0 spiro atoms. The third-order valence-electron chi connectivity index (χ3n) is 2.10. The summed E-state index contributed by atoms with van der Waals surface area (Å²) in [6, 6.07) is 5.30. The van der Waals surface area contributed by atoms with Gasteiger partial charge in [-0.1, -0.05) is 6.07 Å². The summed E-state index contributed by atoms with van der Waals surface area (Å²) in [5, 5.41) is 9.55. The second-order valence-electron chi connectivity index (χ2n) is 3.09. The van der Waals surface area contributed by atoms with Crippen LogP contribution in [-0.2, 0) is 0 Å². The first-order valence-corrected chi connectivity index (χ1v) is 4.91. The summed E-state index contributed by atoms with van der Waals surface area (Å²) in [6.07, 6.45) is -0.658. The molecule has 0 aliphatic carbocycles. The van der Waals surface area contributed by atoms with Gasteiger partial charge in [-0.2, -0.15) is 0 Å². The van der Waals surface area contributed by atoms with Crippen LogP contribution in [0.5, 0.6) is 11.5 Å². The van der Waals surface area contributed by atoms with E-state index in [1.54, 1.807) is 25.3 Å². The van der Waals surface area contributed by atoms with E-state index >= 15 is 0 Å². The molecule has 0 fully saturated rings. The summed E-state index contributed by atoms with van der Waals surface area (Å²) >= 11 is 0. The molecule has 0 saturated carbocycles. The fraction of sp³-hybridized carbons (Fsp3) is 0.455. The van der Waals surface area contributed by atoms with Crippen LogP contribution in [0.15, 0.2) is 18.2 Å². The molecule has 1 rings (SSSR count). The fourth-order valence-corrected chi connectivity index (χ4v) is 1.30. The standard InChI is InChI=1S/C11H17NO3/c1-3-15-10-5-4-8(9(13)7-12)6-11(10)14-2/h4-6,9,13H,3,7,12H2,1-2H3. The maximum atomic E-state index is 9.55.